The van der Waals surface area contributed by atoms with Crippen LogP contribution in [0.25, 0.3) is 16.4 Å². The number of hydrogen-bond donors (Lipinski definition) is 3. The zero-order chi connectivity index (χ0) is 18.6. The van der Waals surface area contributed by atoms with Crippen molar-refractivity contribution in [2.24, 2.45) is 0 Å². The quantitative estimate of drug-likeness (QED) is 0.567. The summed E-state index contributed by atoms with van der Waals surface area (Å²) in [6, 6.07) is 7.38. The maximum Gasteiger partial charge on any atom is 0.242 e. The van der Waals surface area contributed by atoms with Crippen LogP contribution in [-0.2, 0) is 4.79 Å². The standard InChI is InChI=1S/C18H24N8O/c1-13(17(27)20-8-11-25-9-6-19-7-10-25)22-18-23-15-5-3-2-4-14(15)16-12-21-24-26(16)18/h2-5,12-13,19H,6-11H2,1H3,(H,20,27)(H,22,23)/t13-/m1/s1. The number of nitrogens with one attached hydrogen (secondary N) is 3. The highest BCUT2D eigenvalue weighted by Gasteiger charge is 2.17. The van der Waals surface area contributed by atoms with Crippen LogP contribution >= 0.6 is 0 Å². The highest BCUT2D eigenvalue weighted by atomic mass is 16.2. The summed E-state index contributed by atoms with van der Waals surface area (Å²) in [7, 11) is 0. The molecule has 9 nitrogen and oxygen atoms in total. The molecule has 1 amide bonds. The zero-order valence-electron chi connectivity index (χ0n) is 15.4. The largest absolute Gasteiger partial charge is 0.353 e. The van der Waals surface area contributed by atoms with Crippen LogP contribution in [0.15, 0.2) is 30.5 Å². The number of fused-ring (bicyclic) bond motifs is 3. The molecule has 1 aliphatic heterocycles. The molecule has 3 heterocycles. The second-order valence-corrected chi connectivity index (χ2v) is 6.73. The Bertz CT molecular complexity index is 933. The van der Waals surface area contributed by atoms with E-state index in [-0.39, 0.29) is 5.91 Å². The predicted octanol–water partition coefficient (Wildman–Crippen LogP) is 0.0993. The fourth-order valence-electron chi connectivity index (χ4n) is 3.30. The Morgan fingerprint density at radius 2 is 2.11 bits per heavy atom. The summed E-state index contributed by atoms with van der Waals surface area (Å²) in [6.45, 7) is 7.38. The molecule has 1 aromatic carbocycles. The van der Waals surface area contributed by atoms with Crippen LogP contribution in [0.2, 0.25) is 0 Å². The average molecular weight is 368 g/mol. The third-order valence-corrected chi connectivity index (χ3v) is 4.83. The molecule has 0 spiro atoms. The van der Waals surface area contributed by atoms with E-state index in [9.17, 15) is 4.79 Å². The fraction of sp³-hybridized carbons (Fsp3) is 0.444. The van der Waals surface area contributed by atoms with Gasteiger partial charge in [0, 0.05) is 44.7 Å². The lowest BCUT2D eigenvalue weighted by molar-refractivity contribution is -0.121. The minimum absolute atomic E-state index is 0.0617. The van der Waals surface area contributed by atoms with Gasteiger partial charge in [0.05, 0.1) is 17.2 Å². The Hall–Kier alpha value is -2.78. The van der Waals surface area contributed by atoms with Gasteiger partial charge in [0.25, 0.3) is 0 Å². The molecule has 0 aliphatic carbocycles. The first-order valence-electron chi connectivity index (χ1n) is 9.29. The Morgan fingerprint density at radius 1 is 1.30 bits per heavy atom. The summed E-state index contributed by atoms with van der Waals surface area (Å²) >= 11 is 0. The number of aromatic nitrogens is 4. The predicted molar refractivity (Wildman–Crippen MR) is 104 cm³/mol. The average Bonchev–Trinajstić information content (AvgIpc) is 3.19. The minimum Gasteiger partial charge on any atom is -0.353 e. The maximum absolute atomic E-state index is 12.4. The minimum atomic E-state index is -0.436. The molecule has 0 radical (unpaired) electrons. The molecule has 9 heteroatoms. The highest BCUT2D eigenvalue weighted by Crippen LogP contribution is 2.20. The van der Waals surface area contributed by atoms with E-state index in [1.165, 1.54) is 0 Å². The Morgan fingerprint density at radius 3 is 2.96 bits per heavy atom. The van der Waals surface area contributed by atoms with Crippen molar-refractivity contribution >= 4 is 28.3 Å². The summed E-state index contributed by atoms with van der Waals surface area (Å²) < 4.78 is 1.63. The van der Waals surface area contributed by atoms with Crippen LogP contribution in [0.1, 0.15) is 6.92 Å². The van der Waals surface area contributed by atoms with Crippen LogP contribution in [0.3, 0.4) is 0 Å². The van der Waals surface area contributed by atoms with Gasteiger partial charge >= 0.3 is 0 Å². The second kappa shape index (κ2) is 7.85. The van der Waals surface area contributed by atoms with Crippen molar-refractivity contribution in [2.45, 2.75) is 13.0 Å². The molecule has 1 saturated heterocycles. The van der Waals surface area contributed by atoms with Crippen molar-refractivity contribution in [3.8, 4) is 0 Å². The fourth-order valence-corrected chi connectivity index (χ4v) is 3.30. The number of rotatable bonds is 6. The van der Waals surface area contributed by atoms with E-state index in [0.717, 1.165) is 49.1 Å². The lowest BCUT2D eigenvalue weighted by Crippen LogP contribution is -2.47. The van der Waals surface area contributed by atoms with E-state index in [1.54, 1.807) is 10.7 Å². The highest BCUT2D eigenvalue weighted by molar-refractivity contribution is 5.94. The van der Waals surface area contributed by atoms with Gasteiger partial charge in [0.2, 0.25) is 11.9 Å². The summed E-state index contributed by atoms with van der Waals surface area (Å²) in [5.74, 6) is 0.444. The van der Waals surface area contributed by atoms with Crippen molar-refractivity contribution in [3.63, 3.8) is 0 Å². The topological polar surface area (TPSA) is 99.5 Å². The summed E-state index contributed by atoms with van der Waals surface area (Å²) in [4.78, 5) is 19.4. The van der Waals surface area contributed by atoms with Gasteiger partial charge in [0.1, 0.15) is 6.04 Å². The van der Waals surface area contributed by atoms with E-state index in [0.29, 0.717) is 12.5 Å². The third-order valence-electron chi connectivity index (χ3n) is 4.83. The van der Waals surface area contributed by atoms with Gasteiger partial charge in [-0.2, -0.15) is 4.52 Å². The Kier molecular flexibility index (Phi) is 5.12. The lowest BCUT2D eigenvalue weighted by Gasteiger charge is -2.27. The normalized spacial score (nSPS) is 16.5. The van der Waals surface area contributed by atoms with E-state index >= 15 is 0 Å². The second-order valence-electron chi connectivity index (χ2n) is 6.73. The molecule has 1 aliphatic rings. The molecule has 3 aromatic rings. The van der Waals surface area contributed by atoms with Gasteiger partial charge < -0.3 is 16.0 Å². The molecule has 4 rings (SSSR count). The van der Waals surface area contributed by atoms with Gasteiger partial charge in [0.15, 0.2) is 0 Å². The number of carbonyl (C=O) groups excluding carboxylic acids is 1. The summed E-state index contributed by atoms with van der Waals surface area (Å²) in [5, 5.41) is 18.5. The summed E-state index contributed by atoms with van der Waals surface area (Å²) in [5.41, 5.74) is 1.69. The van der Waals surface area contributed by atoms with Crippen molar-refractivity contribution in [1.29, 1.82) is 0 Å². The molecular formula is C18H24N8O. The molecular weight excluding hydrogens is 344 g/mol. The number of carbonyl (C=O) groups is 1. The van der Waals surface area contributed by atoms with Crippen molar-refractivity contribution in [3.05, 3.63) is 30.5 Å². The van der Waals surface area contributed by atoms with Crippen molar-refractivity contribution in [2.75, 3.05) is 44.6 Å². The molecule has 0 unspecified atom stereocenters. The van der Waals surface area contributed by atoms with Crippen LogP contribution in [0.4, 0.5) is 5.95 Å². The van der Waals surface area contributed by atoms with Crippen LogP contribution in [0, 0.1) is 0 Å². The number of para-hydroxylation sites is 1. The molecule has 27 heavy (non-hydrogen) atoms. The van der Waals surface area contributed by atoms with E-state index in [1.807, 2.05) is 31.2 Å². The van der Waals surface area contributed by atoms with Crippen LogP contribution in [0.5, 0.6) is 0 Å². The zero-order valence-corrected chi connectivity index (χ0v) is 15.4. The van der Waals surface area contributed by atoms with Crippen molar-refractivity contribution in [1.82, 2.24) is 35.3 Å². The van der Waals surface area contributed by atoms with Crippen LogP contribution in [-0.4, -0.2) is 75.9 Å². The molecule has 2 aromatic heterocycles. The number of piperazine rings is 1. The van der Waals surface area contributed by atoms with Gasteiger partial charge in [-0.15, -0.1) is 5.10 Å². The van der Waals surface area contributed by atoms with E-state index in [4.69, 9.17) is 0 Å². The van der Waals surface area contributed by atoms with Gasteiger partial charge in [-0.1, -0.05) is 23.4 Å². The third kappa shape index (κ3) is 3.83. The number of nitrogens with zero attached hydrogens (tertiary/aromatic N) is 5. The first-order chi connectivity index (χ1) is 13.2. The summed E-state index contributed by atoms with van der Waals surface area (Å²) in [6.07, 6.45) is 1.70. The Balaban J connectivity index is 1.41. The van der Waals surface area contributed by atoms with Crippen LogP contribution < -0.4 is 16.0 Å². The molecule has 0 saturated carbocycles. The number of hydrogen-bond acceptors (Lipinski definition) is 7. The van der Waals surface area contributed by atoms with Gasteiger partial charge in [-0.05, 0) is 13.0 Å². The Labute approximate surface area is 157 Å². The molecule has 142 valence electrons. The first-order valence-corrected chi connectivity index (χ1v) is 9.29. The SMILES string of the molecule is C[C@@H](Nc1nc2ccccc2c2cnnn12)C(=O)NCCN1CCNCC1. The maximum atomic E-state index is 12.4. The smallest absolute Gasteiger partial charge is 0.242 e. The molecule has 1 fully saturated rings. The molecule has 3 N–H and O–H groups in total. The lowest BCUT2D eigenvalue weighted by atomic mass is 10.2. The first kappa shape index (κ1) is 17.6. The van der Waals surface area contributed by atoms with Gasteiger partial charge in [-0.3, -0.25) is 9.69 Å². The van der Waals surface area contributed by atoms with E-state index < -0.39 is 6.04 Å². The number of anilines is 1. The van der Waals surface area contributed by atoms with E-state index in [2.05, 4.69) is 36.1 Å². The molecule has 1 atom stereocenters. The monoisotopic (exact) mass is 368 g/mol. The number of benzene rings is 1. The van der Waals surface area contributed by atoms with Crippen molar-refractivity contribution < 1.29 is 4.79 Å². The van der Waals surface area contributed by atoms with Gasteiger partial charge in [-0.25, -0.2) is 4.98 Å². The number of amides is 1. The molecule has 0 bridgehead atoms.